The van der Waals surface area contributed by atoms with Crippen LogP contribution in [-0.4, -0.2) is 23.7 Å². The third-order valence-corrected chi connectivity index (χ3v) is 14.7. The van der Waals surface area contributed by atoms with Gasteiger partial charge < -0.3 is 4.81 Å². The zero-order chi connectivity index (χ0) is 34.0. The molecule has 4 aromatic rings. The molecule has 12 rings (SSSR count). The highest BCUT2D eigenvalue weighted by Gasteiger charge is 2.73. The maximum atomic E-state index is 3.12. The van der Waals surface area contributed by atoms with Crippen molar-refractivity contribution < 1.29 is 0 Å². The fourth-order valence-electron chi connectivity index (χ4n) is 13.3. The van der Waals surface area contributed by atoms with Crippen molar-refractivity contribution >= 4 is 6.85 Å². The first-order chi connectivity index (χ1) is 25.8. The highest BCUT2D eigenvalue weighted by atomic mass is 15.2. The molecule has 0 saturated carbocycles. The van der Waals surface area contributed by atoms with Crippen LogP contribution in [0.1, 0.15) is 22.3 Å². The number of hydrogen-bond acceptors (Lipinski definition) is 1. The molecule has 4 aliphatic heterocycles. The van der Waals surface area contributed by atoms with Crippen LogP contribution in [0, 0.1) is 23.7 Å². The van der Waals surface area contributed by atoms with Crippen molar-refractivity contribution in [2.24, 2.45) is 23.7 Å². The van der Waals surface area contributed by atoms with Gasteiger partial charge in [-0.1, -0.05) is 194 Å². The van der Waals surface area contributed by atoms with E-state index in [1.807, 2.05) is 0 Å². The van der Waals surface area contributed by atoms with Gasteiger partial charge in [0.2, 0.25) is 6.85 Å². The van der Waals surface area contributed by atoms with E-state index >= 15 is 0 Å². The summed E-state index contributed by atoms with van der Waals surface area (Å²) in [6, 6.07) is 46.8. The number of nitrogens with zero attached hydrogens (tertiary/aromatic N) is 1. The highest BCUT2D eigenvalue weighted by Crippen LogP contribution is 2.73. The molecular weight excluding hydrogens is 625 g/mol. The molecule has 0 radical (unpaired) electrons. The molecule has 4 aliphatic carbocycles. The van der Waals surface area contributed by atoms with E-state index in [4.69, 9.17) is 0 Å². The molecule has 2 heteroatoms. The lowest BCUT2D eigenvalue weighted by Crippen LogP contribution is -2.78. The van der Waals surface area contributed by atoms with Gasteiger partial charge in [-0.2, -0.15) is 0 Å². The Kier molecular flexibility index (Phi) is 6.04. The summed E-state index contributed by atoms with van der Waals surface area (Å²) >= 11 is 0. The van der Waals surface area contributed by atoms with Gasteiger partial charge in [0.05, 0.1) is 0 Å². The van der Waals surface area contributed by atoms with Gasteiger partial charge >= 0.3 is 0 Å². The molecule has 1 nitrogen and oxygen atoms in total. The average molecular weight is 666 g/mol. The minimum atomic E-state index is -0.235. The lowest BCUT2D eigenvalue weighted by atomic mass is 9.20. The van der Waals surface area contributed by atoms with Gasteiger partial charge in [0, 0.05) is 34.7 Å². The summed E-state index contributed by atoms with van der Waals surface area (Å²) in [6.45, 7) is 0.389. The molecule has 4 fully saturated rings. The Morgan fingerprint density at radius 1 is 0.365 bits per heavy atom. The summed E-state index contributed by atoms with van der Waals surface area (Å²) in [6.07, 6.45) is 30.2. The summed E-state index contributed by atoms with van der Waals surface area (Å²) in [5, 5.41) is 0. The Labute approximate surface area is 307 Å². The van der Waals surface area contributed by atoms with Crippen molar-refractivity contribution in [1.82, 2.24) is 4.81 Å². The van der Waals surface area contributed by atoms with Gasteiger partial charge in [0.15, 0.2) is 0 Å². The highest BCUT2D eigenvalue weighted by molar-refractivity contribution is 6.63. The van der Waals surface area contributed by atoms with E-state index in [0.717, 1.165) is 0 Å². The van der Waals surface area contributed by atoms with Crippen LogP contribution in [-0.2, 0) is 10.8 Å². The average Bonchev–Trinajstić information content (AvgIpc) is 3.23. The Bertz CT molecular complexity index is 2020. The molecule has 52 heavy (non-hydrogen) atoms. The maximum absolute atomic E-state index is 3.12. The number of piperidine rings is 1. The van der Waals surface area contributed by atoms with E-state index in [1.165, 1.54) is 22.3 Å². The Balaban J connectivity index is 1.17. The summed E-state index contributed by atoms with van der Waals surface area (Å²) in [4.78, 5) is 3.12. The Morgan fingerprint density at radius 3 is 1.04 bits per heavy atom. The van der Waals surface area contributed by atoms with Crippen molar-refractivity contribution in [2.45, 2.75) is 34.5 Å². The fourth-order valence-corrected chi connectivity index (χ4v) is 13.3. The minimum Gasteiger partial charge on any atom is -0.327 e. The number of allylic oxidation sites excluding steroid dienone is 10. The number of fused-ring (bicyclic) bond motifs is 2. The van der Waals surface area contributed by atoms with Gasteiger partial charge in [0.25, 0.3) is 0 Å². The predicted octanol–water partition coefficient (Wildman–Crippen LogP) is 10.2. The molecule has 0 amide bonds. The number of hydrogen-bond donors (Lipinski definition) is 0. The normalized spacial score (nSPS) is 33.0. The van der Waals surface area contributed by atoms with Gasteiger partial charge in [-0.3, -0.25) is 0 Å². The topological polar surface area (TPSA) is 3.24 Å². The van der Waals surface area contributed by atoms with Crippen LogP contribution in [0.15, 0.2) is 217 Å². The van der Waals surface area contributed by atoms with Crippen molar-refractivity contribution in [1.29, 1.82) is 0 Å². The molecule has 4 heterocycles. The first kappa shape index (κ1) is 29.4. The molecule has 0 aromatic heterocycles. The molecule has 4 saturated heterocycles. The molecular formula is C50H40BN. The van der Waals surface area contributed by atoms with Gasteiger partial charge in [-0.05, 0) is 68.0 Å². The van der Waals surface area contributed by atoms with Crippen LogP contribution in [0.2, 0.25) is 11.6 Å². The van der Waals surface area contributed by atoms with Crippen LogP contribution in [0.4, 0.5) is 0 Å². The van der Waals surface area contributed by atoms with Crippen LogP contribution >= 0.6 is 0 Å². The second-order valence-electron chi connectivity index (χ2n) is 16.2. The zero-order valence-corrected chi connectivity index (χ0v) is 29.1. The number of rotatable bonds is 4. The largest absolute Gasteiger partial charge is 0.327 e. The van der Waals surface area contributed by atoms with Gasteiger partial charge in [-0.15, -0.1) is 0 Å². The zero-order valence-electron chi connectivity index (χ0n) is 29.1. The molecule has 8 aliphatic rings. The molecule has 248 valence electrons. The van der Waals surface area contributed by atoms with Gasteiger partial charge in [0.1, 0.15) is 0 Å². The summed E-state index contributed by atoms with van der Waals surface area (Å²) < 4.78 is 0. The van der Waals surface area contributed by atoms with Crippen LogP contribution in [0.5, 0.6) is 0 Å². The van der Waals surface area contributed by atoms with E-state index < -0.39 is 0 Å². The molecule has 8 unspecified atom stereocenters. The molecule has 4 aromatic carbocycles. The molecule has 0 bridgehead atoms. The smallest absolute Gasteiger partial charge is 0.241 e. The fraction of sp³-hybridized carbons (Fsp3) is 0.200. The van der Waals surface area contributed by atoms with Crippen molar-refractivity contribution in [3.8, 4) is 0 Å². The van der Waals surface area contributed by atoms with Crippen molar-refractivity contribution in [3.63, 3.8) is 0 Å². The summed E-state index contributed by atoms with van der Waals surface area (Å²) in [5.41, 5.74) is 11.5. The molecule has 8 atom stereocenters. The maximum Gasteiger partial charge on any atom is 0.241 e. The minimum absolute atomic E-state index is 0.220. The lowest BCUT2D eigenvalue weighted by Gasteiger charge is -2.73. The van der Waals surface area contributed by atoms with Crippen molar-refractivity contribution in [2.75, 3.05) is 0 Å². The van der Waals surface area contributed by atoms with E-state index in [9.17, 15) is 0 Å². The third kappa shape index (κ3) is 3.41. The summed E-state index contributed by atoms with van der Waals surface area (Å²) in [5.74, 6) is 1.88. The predicted molar refractivity (Wildman–Crippen MR) is 213 cm³/mol. The van der Waals surface area contributed by atoms with E-state index in [2.05, 4.69) is 199 Å². The van der Waals surface area contributed by atoms with E-state index in [1.54, 1.807) is 22.3 Å². The van der Waals surface area contributed by atoms with E-state index in [0.29, 0.717) is 30.3 Å². The lowest BCUT2D eigenvalue weighted by molar-refractivity contribution is 0.0505. The van der Waals surface area contributed by atoms with Crippen LogP contribution < -0.4 is 0 Å². The SMILES string of the molecule is C1=CC2C3B4C5C(=CC=CC5C2(c2ccccc2)c2ccccc2)C2=CC=CC5C2N4C2C(=CC=CC2C5(c2ccccc2)c2ccccc2)C3=C1. The van der Waals surface area contributed by atoms with E-state index in [-0.39, 0.29) is 34.7 Å². The first-order valence-corrected chi connectivity index (χ1v) is 19.4. The monoisotopic (exact) mass is 665 g/mol. The first-order valence-electron chi connectivity index (χ1n) is 19.4. The third-order valence-electron chi connectivity index (χ3n) is 14.7. The van der Waals surface area contributed by atoms with Crippen LogP contribution in [0.3, 0.4) is 0 Å². The second-order valence-corrected chi connectivity index (χ2v) is 16.2. The second kappa shape index (κ2) is 10.7. The Morgan fingerprint density at radius 2 is 0.673 bits per heavy atom. The standard InChI is InChI=1S/C50H40BN/c1-5-17-33(18-6-1)49(34-19-7-2-8-20-34)41-29-13-25-37-39-27-15-31-43-47(39)52-48-40(38-26-14-30-42(49)46(38)51(52)45(37)41)28-16-32-44(48)50(43,35-21-9-3-10-22-35)36-23-11-4-12-24-36/h1-32,41-48H. The van der Waals surface area contributed by atoms with Gasteiger partial charge in [-0.25, -0.2) is 0 Å². The summed E-state index contributed by atoms with van der Waals surface area (Å²) in [7, 11) is 0. The van der Waals surface area contributed by atoms with Crippen LogP contribution in [0.25, 0.3) is 0 Å². The Hall–Kier alpha value is -5.18. The molecule has 0 spiro atoms. The quantitative estimate of drug-likeness (QED) is 0.196. The van der Waals surface area contributed by atoms with Crippen molar-refractivity contribution in [3.05, 3.63) is 239 Å². The number of benzene rings is 4. The molecule has 0 N–H and O–H groups in total.